The van der Waals surface area contributed by atoms with Gasteiger partial charge in [0.1, 0.15) is 11.6 Å². The summed E-state index contributed by atoms with van der Waals surface area (Å²) in [5, 5.41) is 3.49. The maximum atomic E-state index is 13.1. The minimum atomic E-state index is -3.47. The first-order valence-corrected chi connectivity index (χ1v) is 11.8. The van der Waals surface area contributed by atoms with E-state index < -0.39 is 10.0 Å². The lowest BCUT2D eigenvalue weighted by Crippen LogP contribution is -2.52. The Morgan fingerprint density at radius 3 is 2.52 bits per heavy atom. The van der Waals surface area contributed by atoms with Gasteiger partial charge in [0, 0.05) is 50.4 Å². The van der Waals surface area contributed by atoms with Gasteiger partial charge < -0.3 is 10.2 Å². The highest BCUT2D eigenvalue weighted by Gasteiger charge is 2.37. The monoisotopic (exact) mass is 416 g/mol. The number of anilines is 1. The molecule has 8 heteroatoms. The predicted octanol–water partition coefficient (Wildman–Crippen LogP) is 2.05. The molecular weight excluding hydrogens is 391 g/mol. The number of nitrogens with zero attached hydrogens (tertiary/aromatic N) is 3. The number of halogens is 1. The van der Waals surface area contributed by atoms with Crippen LogP contribution < -0.4 is 10.2 Å². The van der Waals surface area contributed by atoms with Gasteiger partial charge in [0.2, 0.25) is 10.0 Å². The van der Waals surface area contributed by atoms with Gasteiger partial charge in [-0.1, -0.05) is 18.2 Å². The van der Waals surface area contributed by atoms with Crippen molar-refractivity contribution in [3.8, 4) is 0 Å². The van der Waals surface area contributed by atoms with Crippen molar-refractivity contribution in [1.29, 1.82) is 0 Å². The molecule has 29 heavy (non-hydrogen) atoms. The van der Waals surface area contributed by atoms with Crippen molar-refractivity contribution in [2.45, 2.75) is 43.6 Å². The summed E-state index contributed by atoms with van der Waals surface area (Å²) in [6.07, 6.45) is 3.02. The summed E-state index contributed by atoms with van der Waals surface area (Å²) in [4.78, 5) is 7.38. The van der Waals surface area contributed by atoms with Crippen molar-refractivity contribution in [3.63, 3.8) is 0 Å². The molecule has 3 aliphatic heterocycles. The Morgan fingerprint density at radius 2 is 1.79 bits per heavy atom. The summed E-state index contributed by atoms with van der Waals surface area (Å²) in [6.45, 7) is 2.79. The van der Waals surface area contributed by atoms with Gasteiger partial charge in [-0.15, -0.1) is 0 Å². The van der Waals surface area contributed by atoms with Gasteiger partial charge in [0.15, 0.2) is 0 Å². The molecule has 0 amide bonds. The summed E-state index contributed by atoms with van der Waals surface area (Å²) in [5.74, 6) is 0.552. The van der Waals surface area contributed by atoms with Crippen molar-refractivity contribution in [2.75, 3.05) is 24.5 Å². The number of hydrogen-bond acceptors (Lipinski definition) is 5. The van der Waals surface area contributed by atoms with Crippen molar-refractivity contribution < 1.29 is 12.8 Å². The van der Waals surface area contributed by atoms with Crippen LogP contribution in [0.3, 0.4) is 0 Å². The molecule has 0 saturated carbocycles. The normalized spacial score (nSPS) is 24.5. The molecule has 2 fully saturated rings. The highest BCUT2D eigenvalue weighted by atomic mass is 32.2. The minimum Gasteiger partial charge on any atom is -0.348 e. The van der Waals surface area contributed by atoms with E-state index in [9.17, 15) is 12.8 Å². The lowest BCUT2D eigenvalue weighted by atomic mass is 10.1. The van der Waals surface area contributed by atoms with Crippen LogP contribution in [-0.4, -0.2) is 49.4 Å². The SMILES string of the molecule is O=S(=O)(Cc1ccc(F)cc1)N1CCc2nc(N3C4CCC3CNC4)ccc2C1. The smallest absolute Gasteiger partial charge is 0.218 e. The number of aromatic nitrogens is 1. The zero-order chi connectivity index (χ0) is 20.0. The highest BCUT2D eigenvalue weighted by molar-refractivity contribution is 7.88. The van der Waals surface area contributed by atoms with E-state index >= 15 is 0 Å². The number of benzene rings is 1. The standard InChI is InChI=1S/C21H25FN4O2S/c22-17-4-1-15(2-5-17)14-29(27,28)25-10-9-20-16(13-25)3-8-21(24-20)26-18-6-7-19(26)12-23-11-18/h1-5,8,18-19,23H,6-7,9-14H2. The molecule has 0 aliphatic carbocycles. The van der Waals surface area contributed by atoms with Crippen LogP contribution in [0.4, 0.5) is 10.2 Å². The maximum absolute atomic E-state index is 13.1. The summed E-state index contributed by atoms with van der Waals surface area (Å²) in [5.41, 5.74) is 2.58. The number of nitrogens with one attached hydrogen (secondary N) is 1. The molecule has 2 atom stereocenters. The average molecular weight is 417 g/mol. The fraction of sp³-hybridized carbons (Fsp3) is 0.476. The fourth-order valence-electron chi connectivity index (χ4n) is 4.80. The zero-order valence-electron chi connectivity index (χ0n) is 16.2. The third-order valence-electron chi connectivity index (χ3n) is 6.30. The van der Waals surface area contributed by atoms with Gasteiger partial charge in [-0.25, -0.2) is 17.8 Å². The maximum Gasteiger partial charge on any atom is 0.218 e. The van der Waals surface area contributed by atoms with E-state index in [0.717, 1.165) is 30.2 Å². The molecule has 6 nitrogen and oxygen atoms in total. The second-order valence-electron chi connectivity index (χ2n) is 8.19. The topological polar surface area (TPSA) is 65.5 Å². The Balaban J connectivity index is 1.33. The van der Waals surface area contributed by atoms with Crippen LogP contribution in [0.1, 0.15) is 29.7 Å². The van der Waals surface area contributed by atoms with Gasteiger partial charge in [0.25, 0.3) is 0 Å². The van der Waals surface area contributed by atoms with Gasteiger partial charge in [-0.05, 0) is 42.2 Å². The molecule has 3 aliphatic rings. The molecule has 0 radical (unpaired) electrons. The highest BCUT2D eigenvalue weighted by Crippen LogP contribution is 2.33. The Bertz CT molecular complexity index is 996. The minimum absolute atomic E-state index is 0.113. The molecule has 1 aromatic heterocycles. The van der Waals surface area contributed by atoms with E-state index in [1.54, 1.807) is 0 Å². The Kier molecular flexibility index (Phi) is 4.80. The number of piperazine rings is 1. The second-order valence-corrected chi connectivity index (χ2v) is 10.2. The van der Waals surface area contributed by atoms with Crippen LogP contribution in [0.15, 0.2) is 36.4 Å². The molecule has 4 heterocycles. The van der Waals surface area contributed by atoms with Crippen LogP contribution in [0.2, 0.25) is 0 Å². The lowest BCUT2D eigenvalue weighted by Gasteiger charge is -2.37. The van der Waals surface area contributed by atoms with E-state index in [-0.39, 0.29) is 11.6 Å². The third kappa shape index (κ3) is 3.65. The first-order chi connectivity index (χ1) is 14.0. The van der Waals surface area contributed by atoms with Crippen molar-refractivity contribution >= 4 is 15.8 Å². The van der Waals surface area contributed by atoms with Crippen LogP contribution in [0.25, 0.3) is 0 Å². The van der Waals surface area contributed by atoms with E-state index in [4.69, 9.17) is 4.98 Å². The Morgan fingerprint density at radius 1 is 1.07 bits per heavy atom. The molecule has 2 unspecified atom stereocenters. The molecular formula is C21H25FN4O2S. The molecule has 0 spiro atoms. The van der Waals surface area contributed by atoms with Crippen LogP contribution in [0.5, 0.6) is 0 Å². The number of hydrogen-bond donors (Lipinski definition) is 1. The average Bonchev–Trinajstić information content (AvgIpc) is 2.97. The van der Waals surface area contributed by atoms with Gasteiger partial charge in [-0.2, -0.15) is 4.31 Å². The van der Waals surface area contributed by atoms with Crippen LogP contribution in [0, 0.1) is 5.82 Å². The quantitative estimate of drug-likeness (QED) is 0.827. The number of pyridine rings is 1. The van der Waals surface area contributed by atoms with Crippen LogP contribution >= 0.6 is 0 Å². The summed E-state index contributed by atoms with van der Waals surface area (Å²) in [6, 6.07) is 10.8. The number of rotatable bonds is 4. The number of fused-ring (bicyclic) bond motifs is 3. The van der Waals surface area contributed by atoms with E-state index in [2.05, 4.69) is 10.2 Å². The Labute approximate surface area is 170 Å². The second kappa shape index (κ2) is 7.34. The lowest BCUT2D eigenvalue weighted by molar-refractivity contribution is 0.386. The van der Waals surface area contributed by atoms with Crippen molar-refractivity contribution in [3.05, 3.63) is 59.0 Å². The van der Waals surface area contributed by atoms with Gasteiger partial charge in [-0.3, -0.25) is 0 Å². The molecule has 2 bridgehead atoms. The van der Waals surface area contributed by atoms with E-state index in [0.29, 0.717) is 37.2 Å². The fourth-order valence-corrected chi connectivity index (χ4v) is 6.30. The molecule has 5 rings (SSSR count). The first-order valence-electron chi connectivity index (χ1n) is 10.2. The zero-order valence-corrected chi connectivity index (χ0v) is 17.0. The number of sulfonamides is 1. The third-order valence-corrected chi connectivity index (χ3v) is 8.10. The first kappa shape index (κ1) is 19.0. The molecule has 2 aromatic rings. The predicted molar refractivity (Wildman–Crippen MR) is 110 cm³/mol. The molecule has 2 saturated heterocycles. The Hall–Kier alpha value is -2.03. The van der Waals surface area contributed by atoms with E-state index in [1.165, 1.54) is 41.4 Å². The van der Waals surface area contributed by atoms with Gasteiger partial charge >= 0.3 is 0 Å². The molecule has 1 aromatic carbocycles. The summed E-state index contributed by atoms with van der Waals surface area (Å²) in [7, 11) is -3.47. The summed E-state index contributed by atoms with van der Waals surface area (Å²) < 4.78 is 40.3. The largest absolute Gasteiger partial charge is 0.348 e. The van der Waals surface area contributed by atoms with Crippen molar-refractivity contribution in [2.24, 2.45) is 0 Å². The summed E-state index contributed by atoms with van der Waals surface area (Å²) >= 11 is 0. The van der Waals surface area contributed by atoms with E-state index in [1.807, 2.05) is 12.1 Å². The van der Waals surface area contributed by atoms with Crippen LogP contribution in [-0.2, 0) is 28.7 Å². The molecule has 1 N–H and O–H groups in total. The molecule has 154 valence electrons. The van der Waals surface area contributed by atoms with Crippen molar-refractivity contribution in [1.82, 2.24) is 14.6 Å². The van der Waals surface area contributed by atoms with Gasteiger partial charge in [0.05, 0.1) is 5.75 Å².